The minimum atomic E-state index is 0.0224. The minimum Gasteiger partial charge on any atom is -0.232 e. The first-order valence-corrected chi connectivity index (χ1v) is 8.13. The molecule has 3 nitrogen and oxygen atoms in total. The van der Waals surface area contributed by atoms with Crippen molar-refractivity contribution in [2.45, 2.75) is 53.9 Å². The molecular formula is C20H25N3. The van der Waals surface area contributed by atoms with Crippen molar-refractivity contribution < 1.29 is 0 Å². The van der Waals surface area contributed by atoms with Gasteiger partial charge >= 0.3 is 0 Å². The Bertz CT molecular complexity index is 872. The molecule has 0 amide bonds. The number of pyridine rings is 1. The van der Waals surface area contributed by atoms with Gasteiger partial charge in [0.1, 0.15) is 0 Å². The van der Waals surface area contributed by atoms with Gasteiger partial charge in [0.25, 0.3) is 0 Å². The van der Waals surface area contributed by atoms with Crippen LogP contribution in [0, 0.1) is 27.7 Å². The van der Waals surface area contributed by atoms with Crippen molar-refractivity contribution in [2.24, 2.45) is 0 Å². The molecule has 3 heteroatoms. The Kier molecular flexibility index (Phi) is 3.55. The van der Waals surface area contributed by atoms with Gasteiger partial charge < -0.3 is 0 Å². The van der Waals surface area contributed by atoms with Gasteiger partial charge in [-0.1, -0.05) is 38.5 Å². The Hall–Kier alpha value is -2.16. The van der Waals surface area contributed by atoms with Gasteiger partial charge in [-0.15, -0.1) is 0 Å². The van der Waals surface area contributed by atoms with Crippen LogP contribution in [-0.4, -0.2) is 14.8 Å². The standard InChI is InChI=1S/C20H25N3/c1-12-10-13(2)18(14(3)11-12)23-19-16(15(4)22-23)8-9-17(21-19)20(5,6)7/h8-11H,1-7H3. The van der Waals surface area contributed by atoms with E-state index < -0.39 is 0 Å². The summed E-state index contributed by atoms with van der Waals surface area (Å²) in [6.45, 7) is 15.0. The summed E-state index contributed by atoms with van der Waals surface area (Å²) in [6.07, 6.45) is 0. The van der Waals surface area contributed by atoms with E-state index in [9.17, 15) is 0 Å². The highest BCUT2D eigenvalue weighted by atomic mass is 15.3. The van der Waals surface area contributed by atoms with Crippen LogP contribution in [-0.2, 0) is 5.41 Å². The Morgan fingerprint density at radius 1 is 0.913 bits per heavy atom. The second-order valence-corrected chi connectivity index (χ2v) is 7.56. The lowest BCUT2D eigenvalue weighted by atomic mass is 9.91. The molecule has 2 heterocycles. The molecule has 0 aliphatic rings. The highest BCUT2D eigenvalue weighted by molar-refractivity contribution is 5.80. The van der Waals surface area contributed by atoms with Gasteiger partial charge in [0, 0.05) is 16.5 Å². The molecule has 0 radical (unpaired) electrons. The zero-order chi connectivity index (χ0) is 16.9. The average molecular weight is 307 g/mol. The van der Waals surface area contributed by atoms with Crippen LogP contribution >= 0.6 is 0 Å². The van der Waals surface area contributed by atoms with Gasteiger partial charge in [-0.05, 0) is 51.0 Å². The predicted octanol–water partition coefficient (Wildman–Crippen LogP) is 4.95. The van der Waals surface area contributed by atoms with Crippen LogP contribution in [0.25, 0.3) is 16.7 Å². The second-order valence-electron chi connectivity index (χ2n) is 7.56. The summed E-state index contributed by atoms with van der Waals surface area (Å²) in [5.41, 5.74) is 7.97. The van der Waals surface area contributed by atoms with Crippen molar-refractivity contribution in [3.63, 3.8) is 0 Å². The molecule has 3 rings (SSSR count). The highest BCUT2D eigenvalue weighted by Crippen LogP contribution is 2.28. The van der Waals surface area contributed by atoms with Crippen LogP contribution in [0.5, 0.6) is 0 Å². The molecule has 2 aromatic heterocycles. The molecule has 1 aromatic carbocycles. The van der Waals surface area contributed by atoms with Crippen molar-refractivity contribution in [1.82, 2.24) is 14.8 Å². The first-order chi connectivity index (χ1) is 10.7. The van der Waals surface area contributed by atoms with Crippen molar-refractivity contribution in [1.29, 1.82) is 0 Å². The molecule has 0 saturated heterocycles. The molecule has 0 saturated carbocycles. The van der Waals surface area contributed by atoms with E-state index in [0.29, 0.717) is 0 Å². The smallest absolute Gasteiger partial charge is 0.163 e. The zero-order valence-electron chi connectivity index (χ0n) is 15.2. The highest BCUT2D eigenvalue weighted by Gasteiger charge is 2.19. The minimum absolute atomic E-state index is 0.0224. The summed E-state index contributed by atoms with van der Waals surface area (Å²) in [5, 5.41) is 5.91. The van der Waals surface area contributed by atoms with Crippen LogP contribution in [0.15, 0.2) is 24.3 Å². The third-order valence-corrected chi connectivity index (χ3v) is 4.33. The molecule has 0 fully saturated rings. The van der Waals surface area contributed by atoms with E-state index in [1.165, 1.54) is 16.7 Å². The maximum atomic E-state index is 4.95. The summed E-state index contributed by atoms with van der Waals surface area (Å²) in [7, 11) is 0. The number of benzene rings is 1. The number of rotatable bonds is 1. The van der Waals surface area contributed by atoms with Gasteiger partial charge in [0.15, 0.2) is 5.65 Å². The number of fused-ring (bicyclic) bond motifs is 1. The van der Waals surface area contributed by atoms with Crippen molar-refractivity contribution >= 4 is 11.0 Å². The summed E-state index contributed by atoms with van der Waals surface area (Å²) < 4.78 is 2.02. The molecule has 0 bridgehead atoms. The van der Waals surface area contributed by atoms with Crippen LogP contribution < -0.4 is 0 Å². The zero-order valence-corrected chi connectivity index (χ0v) is 15.2. The normalized spacial score (nSPS) is 12.1. The van der Waals surface area contributed by atoms with Gasteiger partial charge in [-0.3, -0.25) is 0 Å². The van der Waals surface area contributed by atoms with Gasteiger partial charge in [-0.2, -0.15) is 5.10 Å². The number of hydrogen-bond donors (Lipinski definition) is 0. The Morgan fingerprint density at radius 2 is 1.52 bits per heavy atom. The SMILES string of the molecule is Cc1cc(C)c(-n2nc(C)c3ccc(C(C)(C)C)nc32)c(C)c1. The Labute approximate surface area is 138 Å². The Balaban J connectivity index is 2.34. The van der Waals surface area contributed by atoms with E-state index in [0.717, 1.165) is 28.1 Å². The molecular weight excluding hydrogens is 282 g/mol. The molecule has 0 aliphatic carbocycles. The first-order valence-electron chi connectivity index (χ1n) is 8.13. The topological polar surface area (TPSA) is 30.7 Å². The van der Waals surface area contributed by atoms with Gasteiger partial charge in [0.2, 0.25) is 0 Å². The maximum absolute atomic E-state index is 4.95. The number of nitrogens with zero attached hydrogens (tertiary/aromatic N) is 3. The molecule has 0 N–H and O–H groups in total. The fraction of sp³-hybridized carbons (Fsp3) is 0.400. The van der Waals surface area contributed by atoms with Gasteiger partial charge in [0.05, 0.1) is 11.4 Å². The lowest BCUT2D eigenvalue weighted by molar-refractivity contribution is 0.570. The van der Waals surface area contributed by atoms with E-state index in [2.05, 4.69) is 72.7 Å². The van der Waals surface area contributed by atoms with Crippen molar-refractivity contribution in [2.75, 3.05) is 0 Å². The quantitative estimate of drug-likeness (QED) is 0.636. The molecule has 23 heavy (non-hydrogen) atoms. The van der Waals surface area contributed by atoms with Crippen LogP contribution in [0.2, 0.25) is 0 Å². The fourth-order valence-corrected chi connectivity index (χ4v) is 3.22. The first kappa shape index (κ1) is 15.7. The van der Waals surface area contributed by atoms with Crippen LogP contribution in [0.4, 0.5) is 0 Å². The third kappa shape index (κ3) is 2.65. The molecule has 3 aromatic rings. The second kappa shape index (κ2) is 5.19. The lowest BCUT2D eigenvalue weighted by Crippen LogP contribution is -2.14. The average Bonchev–Trinajstić information content (AvgIpc) is 2.74. The van der Waals surface area contributed by atoms with E-state index in [1.807, 2.05) is 4.68 Å². The number of hydrogen-bond acceptors (Lipinski definition) is 2. The summed E-state index contributed by atoms with van der Waals surface area (Å²) in [5.74, 6) is 0. The maximum Gasteiger partial charge on any atom is 0.163 e. The Morgan fingerprint density at radius 3 is 2.09 bits per heavy atom. The van der Waals surface area contributed by atoms with Crippen molar-refractivity contribution in [3.05, 3.63) is 52.3 Å². The monoisotopic (exact) mass is 307 g/mol. The fourth-order valence-electron chi connectivity index (χ4n) is 3.22. The molecule has 0 spiro atoms. The number of aromatic nitrogens is 3. The summed E-state index contributed by atoms with van der Waals surface area (Å²) >= 11 is 0. The molecule has 0 unspecified atom stereocenters. The van der Waals surface area contributed by atoms with E-state index in [-0.39, 0.29) is 5.41 Å². The molecule has 120 valence electrons. The predicted molar refractivity (Wildman–Crippen MR) is 96.5 cm³/mol. The third-order valence-electron chi connectivity index (χ3n) is 4.33. The molecule has 0 atom stereocenters. The largest absolute Gasteiger partial charge is 0.232 e. The van der Waals surface area contributed by atoms with E-state index in [1.54, 1.807) is 0 Å². The summed E-state index contributed by atoms with van der Waals surface area (Å²) in [4.78, 5) is 4.95. The van der Waals surface area contributed by atoms with Gasteiger partial charge in [-0.25, -0.2) is 9.67 Å². The number of aryl methyl sites for hydroxylation is 4. The van der Waals surface area contributed by atoms with Crippen LogP contribution in [0.3, 0.4) is 0 Å². The summed E-state index contributed by atoms with van der Waals surface area (Å²) in [6, 6.07) is 8.69. The van der Waals surface area contributed by atoms with Crippen molar-refractivity contribution in [3.8, 4) is 5.69 Å². The van der Waals surface area contributed by atoms with Crippen LogP contribution in [0.1, 0.15) is 48.8 Å². The lowest BCUT2D eigenvalue weighted by Gasteiger charge is -2.18. The van der Waals surface area contributed by atoms with E-state index in [4.69, 9.17) is 10.1 Å². The molecule has 0 aliphatic heterocycles. The van der Waals surface area contributed by atoms with E-state index >= 15 is 0 Å².